The summed E-state index contributed by atoms with van der Waals surface area (Å²) in [5.41, 5.74) is 3.36. The average molecular weight is 186 g/mol. The molecule has 0 bridgehead atoms. The van der Waals surface area contributed by atoms with Gasteiger partial charge in [-0.05, 0) is 6.92 Å². The van der Waals surface area contributed by atoms with Gasteiger partial charge in [-0.15, -0.1) is 0 Å². The number of H-pyrrole nitrogens is 1. The first-order chi connectivity index (χ1) is 6.83. The molecule has 1 heterocycles. The Hall–Kier alpha value is -1.90. The molecular formula is C11H10N2O. The van der Waals surface area contributed by atoms with E-state index in [1.54, 1.807) is 12.4 Å². The summed E-state index contributed by atoms with van der Waals surface area (Å²) in [5.74, 6) is 0. The van der Waals surface area contributed by atoms with E-state index in [0.29, 0.717) is 5.56 Å². The number of hydrogen-bond donors (Lipinski definition) is 1. The highest BCUT2D eigenvalue weighted by Gasteiger charge is 2.07. The van der Waals surface area contributed by atoms with E-state index in [9.17, 15) is 4.79 Å². The summed E-state index contributed by atoms with van der Waals surface area (Å²) in [4.78, 5) is 18.0. The van der Waals surface area contributed by atoms with Crippen molar-refractivity contribution in [1.82, 2.24) is 9.97 Å². The molecule has 0 saturated heterocycles. The van der Waals surface area contributed by atoms with Crippen LogP contribution in [0.4, 0.5) is 0 Å². The monoisotopic (exact) mass is 186 g/mol. The number of nitrogens with zero attached hydrogens (tertiary/aromatic N) is 1. The molecule has 2 rings (SSSR count). The first-order valence-electron chi connectivity index (χ1n) is 4.37. The van der Waals surface area contributed by atoms with Crippen LogP contribution in [0.3, 0.4) is 0 Å². The third-order valence-electron chi connectivity index (χ3n) is 2.17. The summed E-state index contributed by atoms with van der Waals surface area (Å²) in [6.45, 7) is 1.93. The number of aryl methyl sites for hydroxylation is 1. The fourth-order valence-corrected chi connectivity index (χ4v) is 1.45. The number of benzene rings is 1. The summed E-state index contributed by atoms with van der Waals surface area (Å²) < 4.78 is 0. The van der Waals surface area contributed by atoms with Crippen LogP contribution in [0.5, 0.6) is 0 Å². The van der Waals surface area contributed by atoms with Crippen LogP contribution in [0, 0.1) is 6.92 Å². The van der Waals surface area contributed by atoms with Gasteiger partial charge in [0.25, 0.3) is 0 Å². The number of aromatic amines is 1. The van der Waals surface area contributed by atoms with Crippen molar-refractivity contribution in [3.05, 3.63) is 41.9 Å². The molecule has 1 aromatic heterocycles. The smallest absolute Gasteiger partial charge is 0.150 e. The lowest BCUT2D eigenvalue weighted by Gasteiger charge is -2.01. The highest BCUT2D eigenvalue weighted by Crippen LogP contribution is 2.22. The highest BCUT2D eigenvalue weighted by atomic mass is 16.1. The van der Waals surface area contributed by atoms with Gasteiger partial charge in [0, 0.05) is 16.8 Å². The van der Waals surface area contributed by atoms with Crippen molar-refractivity contribution in [2.45, 2.75) is 6.92 Å². The van der Waals surface area contributed by atoms with Gasteiger partial charge in [-0.1, -0.05) is 24.3 Å². The molecule has 0 unspecified atom stereocenters. The highest BCUT2D eigenvalue weighted by molar-refractivity contribution is 5.86. The average Bonchev–Trinajstić information content (AvgIpc) is 2.64. The van der Waals surface area contributed by atoms with E-state index >= 15 is 0 Å². The van der Waals surface area contributed by atoms with Gasteiger partial charge in [0.05, 0.1) is 12.0 Å². The number of nitrogens with one attached hydrogen (secondary N) is 1. The van der Waals surface area contributed by atoms with Gasteiger partial charge in [0.2, 0.25) is 0 Å². The summed E-state index contributed by atoms with van der Waals surface area (Å²) in [6, 6.07) is 7.43. The zero-order valence-corrected chi connectivity index (χ0v) is 7.82. The molecule has 2 aromatic rings. The standard InChI is InChI=1S/C11H10N2O/c1-8-11(13-7-12-8)10-5-3-2-4-9(10)6-14/h2-7H,1H3,(H,12,13). The van der Waals surface area contributed by atoms with Gasteiger partial charge in [0.15, 0.2) is 6.29 Å². The topological polar surface area (TPSA) is 45.8 Å². The number of carbonyl (C=O) groups is 1. The summed E-state index contributed by atoms with van der Waals surface area (Å²) in [6.07, 6.45) is 2.48. The van der Waals surface area contributed by atoms with Gasteiger partial charge < -0.3 is 4.98 Å². The van der Waals surface area contributed by atoms with Crippen LogP contribution in [0.25, 0.3) is 11.3 Å². The predicted octanol–water partition coefficient (Wildman–Crippen LogP) is 2.20. The van der Waals surface area contributed by atoms with Crippen molar-refractivity contribution < 1.29 is 4.79 Å². The molecule has 0 aliphatic heterocycles. The fraction of sp³-hybridized carbons (Fsp3) is 0.0909. The second kappa shape index (κ2) is 3.46. The number of aromatic nitrogens is 2. The molecule has 14 heavy (non-hydrogen) atoms. The molecule has 0 fully saturated rings. The zero-order chi connectivity index (χ0) is 9.97. The lowest BCUT2D eigenvalue weighted by atomic mass is 10.0. The molecular weight excluding hydrogens is 176 g/mol. The molecule has 0 atom stereocenters. The first kappa shape index (κ1) is 8.69. The second-order valence-corrected chi connectivity index (χ2v) is 3.08. The van der Waals surface area contributed by atoms with Gasteiger partial charge in [-0.25, -0.2) is 4.98 Å². The number of hydrogen-bond acceptors (Lipinski definition) is 2. The van der Waals surface area contributed by atoms with Crippen molar-refractivity contribution in [3.8, 4) is 11.3 Å². The minimum absolute atomic E-state index is 0.669. The minimum atomic E-state index is 0.669. The van der Waals surface area contributed by atoms with E-state index < -0.39 is 0 Å². The lowest BCUT2D eigenvalue weighted by Crippen LogP contribution is -1.88. The number of aldehydes is 1. The van der Waals surface area contributed by atoms with Gasteiger partial charge >= 0.3 is 0 Å². The Bertz CT molecular complexity index is 460. The van der Waals surface area contributed by atoms with E-state index in [2.05, 4.69) is 9.97 Å². The van der Waals surface area contributed by atoms with Crippen LogP contribution < -0.4 is 0 Å². The summed E-state index contributed by atoms with van der Waals surface area (Å²) in [5, 5.41) is 0. The van der Waals surface area contributed by atoms with E-state index in [-0.39, 0.29) is 0 Å². The Morgan fingerprint density at radius 2 is 2.14 bits per heavy atom. The van der Waals surface area contributed by atoms with Crippen LogP contribution in [0.1, 0.15) is 16.1 Å². The Morgan fingerprint density at radius 1 is 1.36 bits per heavy atom. The molecule has 0 radical (unpaired) electrons. The van der Waals surface area contributed by atoms with E-state index in [0.717, 1.165) is 23.2 Å². The van der Waals surface area contributed by atoms with Crippen molar-refractivity contribution >= 4 is 6.29 Å². The zero-order valence-electron chi connectivity index (χ0n) is 7.82. The Labute approximate surface area is 81.8 Å². The molecule has 0 aliphatic carbocycles. The minimum Gasteiger partial charge on any atom is -0.348 e. The Kier molecular flexibility index (Phi) is 2.14. The van der Waals surface area contributed by atoms with E-state index in [4.69, 9.17) is 0 Å². The summed E-state index contributed by atoms with van der Waals surface area (Å²) >= 11 is 0. The Balaban J connectivity index is 2.62. The molecule has 0 spiro atoms. The van der Waals surface area contributed by atoms with Crippen molar-refractivity contribution in [3.63, 3.8) is 0 Å². The predicted molar refractivity (Wildman–Crippen MR) is 54.1 cm³/mol. The van der Waals surface area contributed by atoms with E-state index in [1.165, 1.54) is 0 Å². The van der Waals surface area contributed by atoms with Crippen LogP contribution in [-0.2, 0) is 0 Å². The molecule has 1 aromatic carbocycles. The van der Waals surface area contributed by atoms with Crippen molar-refractivity contribution in [1.29, 1.82) is 0 Å². The third kappa shape index (κ3) is 1.33. The van der Waals surface area contributed by atoms with Gasteiger partial charge in [-0.3, -0.25) is 4.79 Å². The largest absolute Gasteiger partial charge is 0.348 e. The van der Waals surface area contributed by atoms with Gasteiger partial charge in [0.1, 0.15) is 0 Å². The molecule has 3 nitrogen and oxygen atoms in total. The normalized spacial score (nSPS) is 10.1. The maximum absolute atomic E-state index is 10.8. The molecule has 3 heteroatoms. The summed E-state index contributed by atoms with van der Waals surface area (Å²) in [7, 11) is 0. The lowest BCUT2D eigenvalue weighted by molar-refractivity contribution is 0.112. The Morgan fingerprint density at radius 3 is 2.79 bits per heavy atom. The number of rotatable bonds is 2. The SMILES string of the molecule is Cc1[nH]cnc1-c1ccccc1C=O. The van der Waals surface area contributed by atoms with Crippen LogP contribution in [0.2, 0.25) is 0 Å². The maximum atomic E-state index is 10.8. The first-order valence-corrected chi connectivity index (χ1v) is 4.37. The van der Waals surface area contributed by atoms with Crippen molar-refractivity contribution in [2.75, 3.05) is 0 Å². The van der Waals surface area contributed by atoms with Crippen molar-refractivity contribution in [2.24, 2.45) is 0 Å². The van der Waals surface area contributed by atoms with Gasteiger partial charge in [-0.2, -0.15) is 0 Å². The maximum Gasteiger partial charge on any atom is 0.150 e. The van der Waals surface area contributed by atoms with E-state index in [1.807, 2.05) is 25.1 Å². The molecule has 0 amide bonds. The number of carbonyl (C=O) groups excluding carboxylic acids is 1. The number of imidazole rings is 1. The fourth-order valence-electron chi connectivity index (χ4n) is 1.45. The molecule has 0 aliphatic rings. The van der Waals surface area contributed by atoms with Crippen LogP contribution >= 0.6 is 0 Å². The van der Waals surface area contributed by atoms with Crippen LogP contribution in [0.15, 0.2) is 30.6 Å². The quantitative estimate of drug-likeness (QED) is 0.731. The molecule has 70 valence electrons. The third-order valence-corrected chi connectivity index (χ3v) is 2.17. The molecule has 0 saturated carbocycles. The van der Waals surface area contributed by atoms with Crippen LogP contribution in [-0.4, -0.2) is 16.3 Å². The molecule has 1 N–H and O–H groups in total. The second-order valence-electron chi connectivity index (χ2n) is 3.08.